The first-order chi connectivity index (χ1) is 9.96. The predicted octanol–water partition coefficient (Wildman–Crippen LogP) is 3.66. The summed E-state index contributed by atoms with van der Waals surface area (Å²) < 4.78 is 17.9. The summed E-state index contributed by atoms with van der Waals surface area (Å²) in [5.74, 6) is 0.548. The Kier molecular flexibility index (Phi) is 2.60. The van der Waals surface area contributed by atoms with Crippen molar-refractivity contribution in [1.82, 2.24) is 0 Å². The van der Waals surface area contributed by atoms with Crippen molar-refractivity contribution in [3.63, 3.8) is 0 Å². The molecule has 0 aromatic heterocycles. The van der Waals surface area contributed by atoms with Crippen molar-refractivity contribution in [1.29, 1.82) is 0 Å². The highest BCUT2D eigenvalue weighted by Crippen LogP contribution is 2.79. The first kappa shape index (κ1) is 13.6. The number of methoxy groups -OCH3 is 1. The lowest BCUT2D eigenvalue weighted by Crippen LogP contribution is -2.38. The fourth-order valence-corrected chi connectivity index (χ4v) is 4.75. The van der Waals surface area contributed by atoms with Crippen molar-refractivity contribution in [3.05, 3.63) is 29.8 Å². The monoisotopic (exact) mass is 288 g/mol. The summed E-state index contributed by atoms with van der Waals surface area (Å²) in [6.45, 7) is 6.59. The fraction of sp³-hybridized carbons (Fsp3) is 0.667. The van der Waals surface area contributed by atoms with Gasteiger partial charge in [0.15, 0.2) is 5.79 Å². The Balaban J connectivity index is 1.67. The van der Waals surface area contributed by atoms with Gasteiger partial charge in [-0.05, 0) is 44.4 Å². The van der Waals surface area contributed by atoms with Crippen molar-refractivity contribution in [2.45, 2.75) is 63.4 Å². The van der Waals surface area contributed by atoms with E-state index in [1.807, 2.05) is 0 Å². The van der Waals surface area contributed by atoms with Crippen LogP contribution < -0.4 is 4.74 Å². The summed E-state index contributed by atoms with van der Waals surface area (Å²) in [6.07, 6.45) is 3.69. The molecule has 0 amide bonds. The standard InChI is InChI=1S/C18H24O3/c1-12-13(2)21-18(20-12)10-9-17(11-16(17,18)3)14-5-7-15(19-4)8-6-14/h5-8,12-13H,9-11H2,1-4H3/t12-,13-,16?,17?/m0/s1. The van der Waals surface area contributed by atoms with Crippen LogP contribution in [0.1, 0.15) is 45.6 Å². The van der Waals surface area contributed by atoms with Crippen molar-refractivity contribution in [2.75, 3.05) is 7.11 Å². The van der Waals surface area contributed by atoms with E-state index in [1.165, 1.54) is 5.56 Å². The van der Waals surface area contributed by atoms with Crippen molar-refractivity contribution in [2.24, 2.45) is 5.41 Å². The summed E-state index contributed by atoms with van der Waals surface area (Å²) in [5, 5.41) is 0. The maximum Gasteiger partial charge on any atom is 0.175 e. The van der Waals surface area contributed by atoms with Crippen LogP contribution in [0.2, 0.25) is 0 Å². The maximum atomic E-state index is 6.32. The van der Waals surface area contributed by atoms with Crippen LogP contribution in [-0.2, 0) is 14.9 Å². The number of hydrogen-bond donors (Lipinski definition) is 0. The van der Waals surface area contributed by atoms with Crippen LogP contribution >= 0.6 is 0 Å². The molecule has 3 fully saturated rings. The van der Waals surface area contributed by atoms with Gasteiger partial charge in [-0.25, -0.2) is 0 Å². The third kappa shape index (κ3) is 1.51. The molecule has 1 spiro atoms. The van der Waals surface area contributed by atoms with Crippen LogP contribution in [0.15, 0.2) is 24.3 Å². The number of benzene rings is 1. The minimum absolute atomic E-state index is 0.105. The van der Waals surface area contributed by atoms with Gasteiger partial charge in [-0.3, -0.25) is 0 Å². The van der Waals surface area contributed by atoms with Crippen LogP contribution in [0.5, 0.6) is 5.75 Å². The van der Waals surface area contributed by atoms with Crippen molar-refractivity contribution in [3.8, 4) is 5.75 Å². The highest BCUT2D eigenvalue weighted by Gasteiger charge is 2.81. The zero-order valence-electron chi connectivity index (χ0n) is 13.3. The first-order valence-corrected chi connectivity index (χ1v) is 7.97. The van der Waals surface area contributed by atoms with Gasteiger partial charge in [0.25, 0.3) is 0 Å². The molecule has 0 radical (unpaired) electrons. The molecule has 1 saturated heterocycles. The van der Waals surface area contributed by atoms with Gasteiger partial charge in [-0.2, -0.15) is 0 Å². The zero-order valence-corrected chi connectivity index (χ0v) is 13.3. The molecule has 3 aliphatic rings. The van der Waals surface area contributed by atoms with Gasteiger partial charge < -0.3 is 14.2 Å². The van der Waals surface area contributed by atoms with Gasteiger partial charge >= 0.3 is 0 Å². The molecule has 21 heavy (non-hydrogen) atoms. The molecule has 2 saturated carbocycles. The summed E-state index contributed by atoms with van der Waals surface area (Å²) in [7, 11) is 1.71. The Morgan fingerprint density at radius 3 is 2.19 bits per heavy atom. The minimum Gasteiger partial charge on any atom is -0.497 e. The predicted molar refractivity (Wildman–Crippen MR) is 80.5 cm³/mol. The number of ether oxygens (including phenoxy) is 3. The third-order valence-corrected chi connectivity index (χ3v) is 6.36. The van der Waals surface area contributed by atoms with Crippen LogP contribution in [0.4, 0.5) is 0 Å². The van der Waals surface area contributed by atoms with E-state index in [2.05, 4.69) is 45.0 Å². The molecule has 1 aliphatic heterocycles. The second-order valence-electron chi connectivity index (χ2n) is 7.22. The van der Waals surface area contributed by atoms with E-state index in [9.17, 15) is 0 Å². The lowest BCUT2D eigenvalue weighted by Gasteiger charge is -2.31. The summed E-state index contributed by atoms with van der Waals surface area (Å²) in [5.41, 5.74) is 1.73. The molecule has 2 unspecified atom stereocenters. The van der Waals surface area contributed by atoms with E-state index in [0.717, 1.165) is 25.0 Å². The Morgan fingerprint density at radius 2 is 1.67 bits per heavy atom. The molecule has 0 bridgehead atoms. The molecular formula is C18H24O3. The lowest BCUT2D eigenvalue weighted by molar-refractivity contribution is -0.209. The maximum absolute atomic E-state index is 6.32. The molecule has 3 nitrogen and oxygen atoms in total. The fourth-order valence-electron chi connectivity index (χ4n) is 4.75. The topological polar surface area (TPSA) is 27.7 Å². The second-order valence-corrected chi connectivity index (χ2v) is 7.22. The smallest absolute Gasteiger partial charge is 0.175 e. The largest absolute Gasteiger partial charge is 0.497 e. The van der Waals surface area contributed by atoms with Crippen LogP contribution in [0.3, 0.4) is 0 Å². The molecule has 1 aromatic rings. The molecule has 1 aromatic carbocycles. The summed E-state index contributed by atoms with van der Waals surface area (Å²) in [4.78, 5) is 0. The van der Waals surface area contributed by atoms with Crippen molar-refractivity contribution >= 4 is 0 Å². The van der Waals surface area contributed by atoms with Gasteiger partial charge in [0.2, 0.25) is 0 Å². The van der Waals surface area contributed by atoms with E-state index >= 15 is 0 Å². The van der Waals surface area contributed by atoms with E-state index in [1.54, 1.807) is 7.11 Å². The Labute approximate surface area is 126 Å². The van der Waals surface area contributed by atoms with Crippen LogP contribution in [0.25, 0.3) is 0 Å². The highest BCUT2D eigenvalue weighted by atomic mass is 16.8. The Hall–Kier alpha value is -1.06. The van der Waals surface area contributed by atoms with E-state index in [-0.39, 0.29) is 28.8 Å². The van der Waals surface area contributed by atoms with Gasteiger partial charge in [0.1, 0.15) is 5.75 Å². The molecule has 1 heterocycles. The zero-order chi connectivity index (χ0) is 14.9. The van der Waals surface area contributed by atoms with Crippen molar-refractivity contribution < 1.29 is 14.2 Å². The molecule has 114 valence electrons. The SMILES string of the molecule is COc1ccc(C23CCC4(O[C@@H](C)[C@H](C)O4)C2(C)C3)cc1. The molecule has 2 aliphatic carbocycles. The average Bonchev–Trinajstić information content (AvgIpc) is 2.92. The van der Waals surface area contributed by atoms with E-state index in [0.29, 0.717) is 0 Å². The first-order valence-electron chi connectivity index (χ1n) is 7.97. The van der Waals surface area contributed by atoms with Crippen LogP contribution in [0, 0.1) is 5.41 Å². The molecular weight excluding hydrogens is 264 g/mol. The van der Waals surface area contributed by atoms with E-state index < -0.39 is 0 Å². The number of rotatable bonds is 2. The Bertz CT molecular complexity index is 552. The molecule has 3 heteroatoms. The van der Waals surface area contributed by atoms with Gasteiger partial charge in [0.05, 0.1) is 19.3 Å². The normalized spacial score (nSPS) is 43.0. The molecule has 0 N–H and O–H groups in total. The van der Waals surface area contributed by atoms with E-state index in [4.69, 9.17) is 14.2 Å². The quantitative estimate of drug-likeness (QED) is 0.831. The summed E-state index contributed by atoms with van der Waals surface area (Å²) >= 11 is 0. The minimum atomic E-state index is -0.369. The van der Waals surface area contributed by atoms with Gasteiger partial charge in [0, 0.05) is 17.3 Å². The molecule has 4 rings (SSSR count). The second kappa shape index (κ2) is 4.02. The lowest BCUT2D eigenvalue weighted by atomic mass is 9.88. The average molecular weight is 288 g/mol. The Morgan fingerprint density at radius 1 is 1.05 bits per heavy atom. The number of fused-ring (bicyclic) bond motifs is 2. The molecule has 4 atom stereocenters. The number of hydrogen-bond acceptors (Lipinski definition) is 3. The van der Waals surface area contributed by atoms with Gasteiger partial charge in [-0.1, -0.05) is 19.1 Å². The van der Waals surface area contributed by atoms with Crippen LogP contribution in [-0.4, -0.2) is 25.1 Å². The van der Waals surface area contributed by atoms with Gasteiger partial charge in [-0.15, -0.1) is 0 Å². The summed E-state index contributed by atoms with van der Waals surface area (Å²) in [6, 6.07) is 8.56. The highest BCUT2D eigenvalue weighted by molar-refractivity contribution is 5.45. The third-order valence-electron chi connectivity index (χ3n) is 6.36.